The number of hydrogen-bond acceptors (Lipinski definition) is 2. The van der Waals surface area contributed by atoms with E-state index in [2.05, 4.69) is 24.4 Å². The van der Waals surface area contributed by atoms with Crippen LogP contribution < -0.4 is 10.1 Å². The van der Waals surface area contributed by atoms with E-state index in [4.69, 9.17) is 4.74 Å². The summed E-state index contributed by atoms with van der Waals surface area (Å²) in [5.41, 5.74) is 1.32. The molecule has 1 N–H and O–H groups in total. The van der Waals surface area contributed by atoms with Crippen molar-refractivity contribution >= 4 is 16.9 Å². The summed E-state index contributed by atoms with van der Waals surface area (Å²) in [5, 5.41) is 4.41. The SMILES string of the molecule is CNC(=O)Oc1cccc2ccccc12.Cc1ccccc1. The second-order valence-electron chi connectivity index (χ2n) is 4.77. The van der Waals surface area contributed by atoms with Crippen LogP contribution in [0.25, 0.3) is 10.8 Å². The first-order valence-corrected chi connectivity index (χ1v) is 7.09. The molecule has 1 amide bonds. The molecular formula is C19H19NO2. The molecule has 3 aromatic rings. The molecule has 0 atom stereocenters. The molecule has 0 spiro atoms. The van der Waals surface area contributed by atoms with E-state index in [1.807, 2.05) is 54.6 Å². The molecule has 112 valence electrons. The highest BCUT2D eigenvalue weighted by Gasteiger charge is 2.04. The lowest BCUT2D eigenvalue weighted by molar-refractivity contribution is 0.203. The van der Waals surface area contributed by atoms with E-state index in [9.17, 15) is 4.79 Å². The van der Waals surface area contributed by atoms with E-state index < -0.39 is 6.09 Å². The van der Waals surface area contributed by atoms with Gasteiger partial charge in [-0.3, -0.25) is 0 Å². The van der Waals surface area contributed by atoms with Gasteiger partial charge in [0.1, 0.15) is 5.75 Å². The molecule has 3 heteroatoms. The molecule has 0 aliphatic rings. The van der Waals surface area contributed by atoms with Crippen LogP contribution in [0.2, 0.25) is 0 Å². The summed E-state index contributed by atoms with van der Waals surface area (Å²) in [7, 11) is 1.54. The molecule has 0 heterocycles. The van der Waals surface area contributed by atoms with E-state index in [0.717, 1.165) is 10.8 Å². The Kier molecular flexibility index (Phi) is 5.55. The Morgan fingerprint density at radius 1 is 0.864 bits per heavy atom. The van der Waals surface area contributed by atoms with Gasteiger partial charge in [-0.2, -0.15) is 0 Å². The number of ether oxygens (including phenoxy) is 1. The van der Waals surface area contributed by atoms with Crippen molar-refractivity contribution in [3.8, 4) is 5.75 Å². The van der Waals surface area contributed by atoms with Crippen LogP contribution >= 0.6 is 0 Å². The summed E-state index contributed by atoms with van der Waals surface area (Å²) in [5.74, 6) is 0.576. The Morgan fingerprint density at radius 2 is 1.50 bits per heavy atom. The number of nitrogens with one attached hydrogen (secondary N) is 1. The Bertz CT molecular complexity index is 733. The smallest absolute Gasteiger partial charge is 0.410 e. The summed E-state index contributed by atoms with van der Waals surface area (Å²) < 4.78 is 5.13. The average molecular weight is 293 g/mol. The zero-order valence-corrected chi connectivity index (χ0v) is 12.7. The van der Waals surface area contributed by atoms with Crippen molar-refractivity contribution in [3.05, 3.63) is 78.4 Å². The van der Waals surface area contributed by atoms with Gasteiger partial charge in [-0.05, 0) is 18.4 Å². The molecule has 0 fully saturated rings. The standard InChI is InChI=1S/C12H11NO2.C7H8/c1-13-12(14)15-11-8-4-6-9-5-2-3-7-10(9)11;1-7-5-3-2-4-6-7/h2-8H,1H3,(H,13,14);2-6H,1H3. The van der Waals surface area contributed by atoms with Crippen LogP contribution in [-0.2, 0) is 0 Å². The molecule has 0 unspecified atom stereocenters. The molecule has 0 radical (unpaired) electrons. The van der Waals surface area contributed by atoms with Gasteiger partial charge >= 0.3 is 6.09 Å². The molecule has 3 aromatic carbocycles. The third-order valence-corrected chi connectivity index (χ3v) is 3.10. The number of aryl methyl sites for hydroxylation is 1. The number of amides is 1. The van der Waals surface area contributed by atoms with E-state index in [1.54, 1.807) is 6.07 Å². The number of fused-ring (bicyclic) bond motifs is 1. The van der Waals surface area contributed by atoms with Crippen LogP contribution in [0.1, 0.15) is 5.56 Å². The molecule has 0 aromatic heterocycles. The minimum atomic E-state index is -0.452. The van der Waals surface area contributed by atoms with Gasteiger partial charge in [-0.25, -0.2) is 4.79 Å². The van der Waals surface area contributed by atoms with Crippen molar-refractivity contribution in [2.24, 2.45) is 0 Å². The molecule has 3 rings (SSSR count). The van der Waals surface area contributed by atoms with E-state index >= 15 is 0 Å². The van der Waals surface area contributed by atoms with E-state index in [-0.39, 0.29) is 0 Å². The van der Waals surface area contributed by atoms with Crippen molar-refractivity contribution in [1.82, 2.24) is 5.32 Å². The highest BCUT2D eigenvalue weighted by Crippen LogP contribution is 2.24. The lowest BCUT2D eigenvalue weighted by Crippen LogP contribution is -2.22. The summed E-state index contributed by atoms with van der Waals surface area (Å²) in [4.78, 5) is 11.1. The largest absolute Gasteiger partial charge is 0.412 e. The highest BCUT2D eigenvalue weighted by molar-refractivity contribution is 5.90. The van der Waals surface area contributed by atoms with Crippen LogP contribution in [0, 0.1) is 6.92 Å². The summed E-state index contributed by atoms with van der Waals surface area (Å²) in [6.45, 7) is 2.08. The third-order valence-electron chi connectivity index (χ3n) is 3.10. The molecule has 22 heavy (non-hydrogen) atoms. The van der Waals surface area contributed by atoms with Crippen LogP contribution in [0.15, 0.2) is 72.8 Å². The van der Waals surface area contributed by atoms with Gasteiger partial charge in [0.25, 0.3) is 0 Å². The lowest BCUT2D eigenvalue weighted by atomic mass is 10.1. The Balaban J connectivity index is 0.000000211. The fourth-order valence-electron chi connectivity index (χ4n) is 1.97. The van der Waals surface area contributed by atoms with Crippen molar-refractivity contribution in [2.45, 2.75) is 6.92 Å². The minimum Gasteiger partial charge on any atom is -0.410 e. The Hall–Kier alpha value is -2.81. The fraction of sp³-hybridized carbons (Fsp3) is 0.105. The first kappa shape index (κ1) is 15.6. The van der Waals surface area contributed by atoms with Gasteiger partial charge in [0, 0.05) is 12.4 Å². The zero-order chi connectivity index (χ0) is 15.8. The molecule has 0 aliphatic heterocycles. The number of carbonyl (C=O) groups is 1. The summed E-state index contributed by atoms with van der Waals surface area (Å²) in [6.07, 6.45) is -0.452. The monoisotopic (exact) mass is 293 g/mol. The number of rotatable bonds is 1. The quantitative estimate of drug-likeness (QED) is 0.714. The molecular weight excluding hydrogens is 274 g/mol. The van der Waals surface area contributed by atoms with Crippen molar-refractivity contribution in [1.29, 1.82) is 0 Å². The van der Waals surface area contributed by atoms with E-state index in [1.165, 1.54) is 12.6 Å². The second kappa shape index (κ2) is 7.84. The number of hydrogen-bond donors (Lipinski definition) is 1. The predicted octanol–water partition coefficient (Wildman–Crippen LogP) is 4.55. The number of carbonyl (C=O) groups excluding carboxylic acids is 1. The first-order chi connectivity index (χ1) is 10.7. The van der Waals surface area contributed by atoms with Gasteiger partial charge in [0.15, 0.2) is 0 Å². The van der Waals surface area contributed by atoms with Crippen molar-refractivity contribution in [3.63, 3.8) is 0 Å². The van der Waals surface area contributed by atoms with Gasteiger partial charge in [0.2, 0.25) is 0 Å². The van der Waals surface area contributed by atoms with Crippen molar-refractivity contribution < 1.29 is 9.53 Å². The van der Waals surface area contributed by atoms with Crippen molar-refractivity contribution in [2.75, 3.05) is 7.05 Å². The van der Waals surface area contributed by atoms with Gasteiger partial charge in [-0.15, -0.1) is 0 Å². The summed E-state index contributed by atoms with van der Waals surface area (Å²) in [6, 6.07) is 23.6. The van der Waals surface area contributed by atoms with Crippen LogP contribution in [-0.4, -0.2) is 13.1 Å². The number of benzene rings is 3. The predicted molar refractivity (Wildman–Crippen MR) is 90.2 cm³/mol. The lowest BCUT2D eigenvalue weighted by Gasteiger charge is -2.06. The van der Waals surface area contributed by atoms with Gasteiger partial charge in [-0.1, -0.05) is 72.3 Å². The third kappa shape index (κ3) is 4.35. The van der Waals surface area contributed by atoms with Crippen LogP contribution in [0.4, 0.5) is 4.79 Å². The van der Waals surface area contributed by atoms with Crippen LogP contribution in [0.3, 0.4) is 0 Å². The van der Waals surface area contributed by atoms with Gasteiger partial charge < -0.3 is 10.1 Å². The van der Waals surface area contributed by atoms with Crippen LogP contribution in [0.5, 0.6) is 5.75 Å². The fourth-order valence-corrected chi connectivity index (χ4v) is 1.97. The second-order valence-corrected chi connectivity index (χ2v) is 4.77. The van der Waals surface area contributed by atoms with E-state index in [0.29, 0.717) is 5.75 Å². The topological polar surface area (TPSA) is 38.3 Å². The molecule has 0 aliphatic carbocycles. The zero-order valence-electron chi connectivity index (χ0n) is 12.7. The maximum Gasteiger partial charge on any atom is 0.412 e. The Labute approximate surface area is 130 Å². The molecule has 0 saturated heterocycles. The molecule has 0 bridgehead atoms. The minimum absolute atomic E-state index is 0.452. The first-order valence-electron chi connectivity index (χ1n) is 7.09. The average Bonchev–Trinajstić information content (AvgIpc) is 2.56. The highest BCUT2D eigenvalue weighted by atomic mass is 16.6. The van der Waals surface area contributed by atoms with Gasteiger partial charge in [0.05, 0.1) is 0 Å². The molecule has 3 nitrogen and oxygen atoms in total. The normalized spacial score (nSPS) is 9.55. The maximum absolute atomic E-state index is 11.1. The summed E-state index contributed by atoms with van der Waals surface area (Å²) >= 11 is 0. The molecule has 0 saturated carbocycles. The maximum atomic E-state index is 11.1. The Morgan fingerprint density at radius 3 is 2.14 bits per heavy atom.